The molecule has 0 saturated carbocycles. The summed E-state index contributed by atoms with van der Waals surface area (Å²) in [7, 11) is 0. The van der Waals surface area contributed by atoms with Crippen molar-refractivity contribution in [3.05, 3.63) is 63.1 Å². The summed E-state index contributed by atoms with van der Waals surface area (Å²) >= 11 is 11.9. The Bertz CT molecular complexity index is 904. The highest BCUT2D eigenvalue weighted by Crippen LogP contribution is 2.32. The van der Waals surface area contributed by atoms with E-state index in [1.807, 2.05) is 12.1 Å². The van der Waals surface area contributed by atoms with Gasteiger partial charge in [-0.15, -0.1) is 0 Å². The molecule has 1 amide bonds. The summed E-state index contributed by atoms with van der Waals surface area (Å²) in [4.78, 5) is 12.2. The topological polar surface area (TPSA) is 71.4 Å². The Morgan fingerprint density at radius 2 is 2.00 bits per heavy atom. The number of amides is 1. The second-order valence-electron chi connectivity index (χ2n) is 5.21. The average Bonchev–Trinajstić information content (AvgIpc) is 3.07. The molecule has 0 bridgehead atoms. The van der Waals surface area contributed by atoms with Gasteiger partial charge in [0.2, 0.25) is 6.79 Å². The Hall–Kier alpha value is -2.68. The van der Waals surface area contributed by atoms with Gasteiger partial charge in [-0.1, -0.05) is 35.3 Å². The Kier molecular flexibility index (Phi) is 5.13. The smallest absolute Gasteiger partial charge is 0.262 e. The highest BCUT2D eigenvalue weighted by molar-refractivity contribution is 6.35. The number of benzene rings is 2. The molecular weight excluding hydrogens is 363 g/mol. The Morgan fingerprint density at radius 1 is 1.20 bits per heavy atom. The quantitative estimate of drug-likeness (QED) is 0.649. The summed E-state index contributed by atoms with van der Waals surface area (Å²) in [6, 6.07) is 12.1. The molecule has 1 heterocycles. The van der Waals surface area contributed by atoms with E-state index in [-0.39, 0.29) is 18.9 Å². The van der Waals surface area contributed by atoms with Gasteiger partial charge in [-0.2, -0.15) is 5.26 Å². The van der Waals surface area contributed by atoms with Gasteiger partial charge in [0.15, 0.2) is 11.5 Å². The van der Waals surface area contributed by atoms with Gasteiger partial charge >= 0.3 is 0 Å². The number of rotatable bonds is 4. The van der Waals surface area contributed by atoms with Crippen molar-refractivity contribution in [2.75, 3.05) is 6.79 Å². The van der Waals surface area contributed by atoms with Gasteiger partial charge in [-0.25, -0.2) is 0 Å². The second-order valence-corrected chi connectivity index (χ2v) is 6.05. The zero-order valence-corrected chi connectivity index (χ0v) is 14.4. The van der Waals surface area contributed by atoms with Crippen molar-refractivity contribution < 1.29 is 14.3 Å². The SMILES string of the molecule is N#C/C(=C\c1ccc(Cl)cc1Cl)C(=O)NCc1ccc2c(c1)OCO2. The maximum atomic E-state index is 12.2. The minimum atomic E-state index is -0.494. The van der Waals surface area contributed by atoms with Crippen LogP contribution in [0.1, 0.15) is 11.1 Å². The molecule has 1 aliphatic rings. The Labute approximate surface area is 154 Å². The largest absolute Gasteiger partial charge is 0.454 e. The number of carbonyl (C=O) groups excluding carboxylic acids is 1. The van der Waals surface area contributed by atoms with Gasteiger partial charge in [0, 0.05) is 16.6 Å². The fourth-order valence-electron chi connectivity index (χ4n) is 2.25. The fourth-order valence-corrected chi connectivity index (χ4v) is 2.71. The minimum Gasteiger partial charge on any atom is -0.454 e. The van der Waals surface area contributed by atoms with E-state index in [1.165, 1.54) is 6.08 Å². The number of fused-ring (bicyclic) bond motifs is 1. The number of nitriles is 1. The summed E-state index contributed by atoms with van der Waals surface area (Å²) in [6.45, 7) is 0.442. The van der Waals surface area contributed by atoms with Crippen LogP contribution in [-0.4, -0.2) is 12.7 Å². The third-order valence-electron chi connectivity index (χ3n) is 3.52. The Morgan fingerprint density at radius 3 is 2.76 bits per heavy atom. The van der Waals surface area contributed by atoms with Crippen LogP contribution in [0.4, 0.5) is 0 Å². The molecule has 0 radical (unpaired) electrons. The first-order chi connectivity index (χ1) is 12.1. The van der Waals surface area contributed by atoms with Crippen molar-refractivity contribution in [2.24, 2.45) is 0 Å². The number of hydrogen-bond acceptors (Lipinski definition) is 4. The van der Waals surface area contributed by atoms with Gasteiger partial charge in [0.1, 0.15) is 11.6 Å². The lowest BCUT2D eigenvalue weighted by Gasteiger charge is -2.06. The van der Waals surface area contributed by atoms with E-state index < -0.39 is 5.91 Å². The first kappa shape index (κ1) is 17.2. The molecule has 2 aromatic rings. The molecule has 3 rings (SSSR count). The van der Waals surface area contributed by atoms with Crippen molar-refractivity contribution in [3.63, 3.8) is 0 Å². The van der Waals surface area contributed by atoms with Crippen LogP contribution in [0.5, 0.6) is 11.5 Å². The molecule has 126 valence electrons. The van der Waals surface area contributed by atoms with Gasteiger partial charge in [0.25, 0.3) is 5.91 Å². The molecule has 5 nitrogen and oxygen atoms in total. The van der Waals surface area contributed by atoms with Crippen LogP contribution in [-0.2, 0) is 11.3 Å². The van der Waals surface area contributed by atoms with Crippen LogP contribution < -0.4 is 14.8 Å². The van der Waals surface area contributed by atoms with Crippen LogP contribution in [0.15, 0.2) is 42.0 Å². The lowest BCUT2D eigenvalue weighted by molar-refractivity contribution is -0.117. The predicted molar refractivity (Wildman–Crippen MR) is 94.5 cm³/mol. The van der Waals surface area contributed by atoms with E-state index in [0.29, 0.717) is 27.1 Å². The van der Waals surface area contributed by atoms with Crippen LogP contribution in [0.3, 0.4) is 0 Å². The molecule has 0 aliphatic carbocycles. The van der Waals surface area contributed by atoms with E-state index in [4.69, 9.17) is 32.7 Å². The lowest BCUT2D eigenvalue weighted by atomic mass is 10.1. The summed E-state index contributed by atoms with van der Waals surface area (Å²) < 4.78 is 10.5. The summed E-state index contributed by atoms with van der Waals surface area (Å²) in [5.74, 6) is 0.812. The zero-order chi connectivity index (χ0) is 17.8. The molecule has 2 aromatic carbocycles. The molecule has 0 spiro atoms. The standard InChI is InChI=1S/C18H12Cl2N2O3/c19-14-3-2-12(15(20)7-14)6-13(8-21)18(23)22-9-11-1-4-16-17(5-11)25-10-24-16/h1-7H,9-10H2,(H,22,23)/b13-6+. The molecule has 7 heteroatoms. The molecule has 0 saturated heterocycles. The van der Waals surface area contributed by atoms with Gasteiger partial charge in [-0.05, 0) is 41.5 Å². The molecule has 25 heavy (non-hydrogen) atoms. The van der Waals surface area contributed by atoms with E-state index in [0.717, 1.165) is 5.56 Å². The summed E-state index contributed by atoms with van der Waals surface area (Å²) in [5.41, 5.74) is 1.32. The third-order valence-corrected chi connectivity index (χ3v) is 4.08. The van der Waals surface area contributed by atoms with Crippen LogP contribution in [0.25, 0.3) is 6.08 Å². The third kappa shape index (κ3) is 4.05. The number of hydrogen-bond donors (Lipinski definition) is 1. The van der Waals surface area contributed by atoms with Crippen molar-refractivity contribution in [3.8, 4) is 17.6 Å². The first-order valence-electron chi connectivity index (χ1n) is 7.30. The van der Waals surface area contributed by atoms with E-state index in [9.17, 15) is 10.1 Å². The minimum absolute atomic E-state index is 0.0510. The number of halogens is 2. The summed E-state index contributed by atoms with van der Waals surface area (Å²) in [6.07, 6.45) is 1.42. The highest BCUT2D eigenvalue weighted by Gasteiger charge is 2.14. The maximum absolute atomic E-state index is 12.2. The van der Waals surface area contributed by atoms with Gasteiger partial charge < -0.3 is 14.8 Å². The monoisotopic (exact) mass is 374 g/mol. The van der Waals surface area contributed by atoms with Crippen LogP contribution >= 0.6 is 23.2 Å². The van der Waals surface area contributed by atoms with Crippen molar-refractivity contribution in [2.45, 2.75) is 6.54 Å². The first-order valence-corrected chi connectivity index (χ1v) is 8.06. The molecule has 0 atom stereocenters. The highest BCUT2D eigenvalue weighted by atomic mass is 35.5. The maximum Gasteiger partial charge on any atom is 0.262 e. The van der Waals surface area contributed by atoms with E-state index >= 15 is 0 Å². The van der Waals surface area contributed by atoms with E-state index in [2.05, 4.69) is 5.32 Å². The molecular formula is C18H12Cl2N2O3. The average molecular weight is 375 g/mol. The zero-order valence-electron chi connectivity index (χ0n) is 12.9. The second kappa shape index (κ2) is 7.47. The van der Waals surface area contributed by atoms with Gasteiger partial charge in [-0.3, -0.25) is 4.79 Å². The molecule has 1 N–H and O–H groups in total. The Balaban J connectivity index is 1.70. The molecule has 1 aliphatic heterocycles. The van der Waals surface area contributed by atoms with Crippen molar-refractivity contribution in [1.82, 2.24) is 5.32 Å². The summed E-state index contributed by atoms with van der Waals surface area (Å²) in [5, 5.41) is 12.8. The fraction of sp³-hybridized carbons (Fsp3) is 0.111. The number of ether oxygens (including phenoxy) is 2. The van der Waals surface area contributed by atoms with Crippen molar-refractivity contribution in [1.29, 1.82) is 5.26 Å². The molecule has 0 aromatic heterocycles. The van der Waals surface area contributed by atoms with E-state index in [1.54, 1.807) is 30.3 Å². The van der Waals surface area contributed by atoms with Gasteiger partial charge in [0.05, 0.1) is 0 Å². The predicted octanol–water partition coefficient (Wildman–Crippen LogP) is 3.95. The van der Waals surface area contributed by atoms with Crippen LogP contribution in [0, 0.1) is 11.3 Å². The molecule has 0 unspecified atom stereocenters. The number of nitrogens with one attached hydrogen (secondary N) is 1. The molecule has 0 fully saturated rings. The van der Waals surface area contributed by atoms with Crippen molar-refractivity contribution >= 4 is 35.2 Å². The lowest BCUT2D eigenvalue weighted by Crippen LogP contribution is -2.23. The number of carbonyl (C=O) groups is 1. The number of nitrogens with zero attached hydrogens (tertiary/aromatic N) is 1. The van der Waals surface area contributed by atoms with Crippen LogP contribution in [0.2, 0.25) is 10.0 Å². The normalized spacial score (nSPS) is 12.6.